The summed E-state index contributed by atoms with van der Waals surface area (Å²) in [7, 11) is 0. The molecular formula is C10H11IN4O4. The van der Waals surface area contributed by atoms with E-state index in [4.69, 9.17) is 9.84 Å². The van der Waals surface area contributed by atoms with Crippen LogP contribution in [0, 0.1) is 3.83 Å². The normalized spacial score (nSPS) is 27.2. The Morgan fingerprint density at radius 3 is 2.95 bits per heavy atom. The van der Waals surface area contributed by atoms with E-state index in [0.29, 0.717) is 15.9 Å². The first-order valence-corrected chi connectivity index (χ1v) is 6.71. The van der Waals surface area contributed by atoms with Crippen LogP contribution in [0.5, 0.6) is 5.88 Å². The van der Waals surface area contributed by atoms with Gasteiger partial charge in [-0.15, -0.1) is 0 Å². The summed E-state index contributed by atoms with van der Waals surface area (Å²) in [6.45, 7) is -0.248. The number of aromatic nitrogens is 4. The molecule has 102 valence electrons. The van der Waals surface area contributed by atoms with Crippen molar-refractivity contribution in [1.29, 1.82) is 0 Å². The summed E-state index contributed by atoms with van der Waals surface area (Å²) in [5.74, 6) is -0.189. The number of ether oxygens (including phenoxy) is 1. The van der Waals surface area contributed by atoms with Gasteiger partial charge < -0.3 is 20.1 Å². The molecule has 9 heteroatoms. The minimum atomic E-state index is -0.734. The summed E-state index contributed by atoms with van der Waals surface area (Å²) in [4.78, 5) is 12.1. The van der Waals surface area contributed by atoms with Gasteiger partial charge in [0.15, 0.2) is 15.0 Å². The molecule has 0 saturated carbocycles. The van der Waals surface area contributed by atoms with Crippen molar-refractivity contribution < 1.29 is 20.1 Å². The number of imidazole rings is 1. The summed E-state index contributed by atoms with van der Waals surface area (Å²) in [6, 6.07) is 0. The molecule has 1 aliphatic rings. The van der Waals surface area contributed by atoms with Gasteiger partial charge in [0, 0.05) is 29.0 Å². The first-order chi connectivity index (χ1) is 9.10. The van der Waals surface area contributed by atoms with Crippen LogP contribution >= 0.6 is 22.6 Å². The van der Waals surface area contributed by atoms with Gasteiger partial charge in [-0.05, 0) is 0 Å². The van der Waals surface area contributed by atoms with Crippen molar-refractivity contribution in [3.8, 4) is 5.88 Å². The number of nitrogens with zero attached hydrogens (tertiary/aromatic N) is 4. The number of hydrogen-bond acceptors (Lipinski definition) is 7. The average molecular weight is 378 g/mol. The van der Waals surface area contributed by atoms with Crippen LogP contribution in [-0.2, 0) is 4.74 Å². The van der Waals surface area contributed by atoms with Gasteiger partial charge in [-0.3, -0.25) is 4.57 Å². The first kappa shape index (κ1) is 13.0. The van der Waals surface area contributed by atoms with Crippen LogP contribution in [0.15, 0.2) is 6.33 Å². The van der Waals surface area contributed by atoms with E-state index < -0.39 is 18.4 Å². The number of fused-ring (bicyclic) bond motifs is 1. The summed E-state index contributed by atoms with van der Waals surface area (Å²) in [6.07, 6.45) is -0.00853. The first-order valence-electron chi connectivity index (χ1n) is 5.63. The van der Waals surface area contributed by atoms with Gasteiger partial charge in [0.2, 0.25) is 5.88 Å². The Bertz CT molecular complexity index is 619. The lowest BCUT2D eigenvalue weighted by Crippen LogP contribution is -2.24. The second-order valence-corrected chi connectivity index (χ2v) is 5.22. The Morgan fingerprint density at radius 1 is 1.47 bits per heavy atom. The standard InChI is InChI=1S/C10H11IN4O4/c11-10-13-8-7(9(18)14-10)12-3-15(8)6-1-4(17)5(2-16)19-6/h3-6,16-17H,1-2H2,(H,13,14,18)/t4-,5+,6-/m1/s1. The molecular weight excluding hydrogens is 367 g/mol. The summed E-state index contributed by atoms with van der Waals surface area (Å²) < 4.78 is 7.55. The SMILES string of the molecule is OC[C@@H]1O[C@@H](n2cnc3c(O)nc(I)nc32)C[C@H]1O. The van der Waals surface area contributed by atoms with E-state index in [-0.39, 0.29) is 18.0 Å². The van der Waals surface area contributed by atoms with E-state index >= 15 is 0 Å². The largest absolute Gasteiger partial charge is 0.492 e. The summed E-state index contributed by atoms with van der Waals surface area (Å²) >= 11 is 1.89. The molecule has 3 atom stereocenters. The van der Waals surface area contributed by atoms with E-state index in [9.17, 15) is 10.2 Å². The zero-order chi connectivity index (χ0) is 13.6. The fourth-order valence-corrected chi connectivity index (χ4v) is 2.59. The maximum atomic E-state index is 9.74. The van der Waals surface area contributed by atoms with Crippen molar-refractivity contribution in [3.05, 3.63) is 10.2 Å². The third kappa shape index (κ3) is 2.16. The van der Waals surface area contributed by atoms with E-state index in [1.807, 2.05) is 22.6 Å². The van der Waals surface area contributed by atoms with Gasteiger partial charge in [0.25, 0.3) is 0 Å². The maximum Gasteiger partial charge on any atom is 0.243 e. The Kier molecular flexibility index (Phi) is 3.28. The number of aromatic hydroxyl groups is 1. The lowest BCUT2D eigenvalue weighted by atomic mass is 10.2. The fraction of sp³-hybridized carbons (Fsp3) is 0.500. The number of hydrogen-bond donors (Lipinski definition) is 3. The predicted octanol–water partition coefficient (Wildman–Crippen LogP) is -0.223. The van der Waals surface area contributed by atoms with Crippen LogP contribution < -0.4 is 0 Å². The molecule has 0 aliphatic carbocycles. The second kappa shape index (κ2) is 4.81. The molecule has 3 rings (SSSR count). The van der Waals surface area contributed by atoms with E-state index in [1.54, 1.807) is 4.57 Å². The van der Waals surface area contributed by atoms with Crippen LogP contribution in [0.3, 0.4) is 0 Å². The lowest BCUT2D eigenvalue weighted by molar-refractivity contribution is -0.0432. The molecule has 0 unspecified atom stereocenters. The van der Waals surface area contributed by atoms with Crippen LogP contribution in [0.4, 0.5) is 0 Å². The number of rotatable bonds is 2. The highest BCUT2D eigenvalue weighted by atomic mass is 127. The third-order valence-electron chi connectivity index (χ3n) is 3.07. The van der Waals surface area contributed by atoms with Crippen molar-refractivity contribution in [2.45, 2.75) is 24.9 Å². The molecule has 0 amide bonds. The topological polar surface area (TPSA) is 114 Å². The van der Waals surface area contributed by atoms with Crippen LogP contribution in [0.2, 0.25) is 0 Å². The Morgan fingerprint density at radius 2 is 2.26 bits per heavy atom. The molecule has 0 bridgehead atoms. The quantitative estimate of drug-likeness (QED) is 0.489. The minimum Gasteiger partial charge on any atom is -0.492 e. The van der Waals surface area contributed by atoms with Gasteiger partial charge in [-0.25, -0.2) is 9.97 Å². The second-order valence-electron chi connectivity index (χ2n) is 4.26. The monoisotopic (exact) mass is 378 g/mol. The molecule has 0 spiro atoms. The maximum absolute atomic E-state index is 9.74. The number of aliphatic hydroxyl groups is 2. The van der Waals surface area contributed by atoms with Crippen LogP contribution in [-0.4, -0.2) is 53.7 Å². The Hall–Kier alpha value is -1.04. The fourth-order valence-electron chi connectivity index (χ4n) is 2.14. The smallest absolute Gasteiger partial charge is 0.243 e. The number of halogens is 1. The average Bonchev–Trinajstić information content (AvgIpc) is 2.92. The van der Waals surface area contributed by atoms with E-state index in [0.717, 1.165) is 0 Å². The molecule has 1 saturated heterocycles. The molecule has 8 nitrogen and oxygen atoms in total. The molecule has 3 N–H and O–H groups in total. The number of aliphatic hydroxyl groups excluding tert-OH is 2. The molecule has 0 aromatic carbocycles. The van der Waals surface area contributed by atoms with Gasteiger partial charge >= 0.3 is 0 Å². The van der Waals surface area contributed by atoms with Crippen molar-refractivity contribution >= 4 is 33.8 Å². The van der Waals surface area contributed by atoms with Gasteiger partial charge in [-0.2, -0.15) is 4.98 Å². The predicted molar refractivity (Wildman–Crippen MR) is 71.3 cm³/mol. The molecule has 2 aromatic rings. The zero-order valence-corrected chi connectivity index (χ0v) is 11.8. The highest BCUT2D eigenvalue weighted by molar-refractivity contribution is 14.1. The molecule has 1 aliphatic heterocycles. The summed E-state index contributed by atoms with van der Waals surface area (Å²) in [5, 5.41) is 28.5. The van der Waals surface area contributed by atoms with Crippen LogP contribution in [0.25, 0.3) is 11.2 Å². The molecule has 3 heterocycles. The molecule has 0 radical (unpaired) electrons. The van der Waals surface area contributed by atoms with Crippen molar-refractivity contribution in [3.63, 3.8) is 0 Å². The lowest BCUT2D eigenvalue weighted by Gasteiger charge is -2.13. The van der Waals surface area contributed by atoms with E-state index in [1.165, 1.54) is 6.33 Å². The van der Waals surface area contributed by atoms with Crippen LogP contribution in [0.1, 0.15) is 12.6 Å². The van der Waals surface area contributed by atoms with Gasteiger partial charge in [0.05, 0.1) is 19.0 Å². The highest BCUT2D eigenvalue weighted by Crippen LogP contribution is 2.31. The highest BCUT2D eigenvalue weighted by Gasteiger charge is 2.35. The zero-order valence-electron chi connectivity index (χ0n) is 9.64. The van der Waals surface area contributed by atoms with E-state index in [2.05, 4.69) is 15.0 Å². The van der Waals surface area contributed by atoms with Gasteiger partial charge in [-0.1, -0.05) is 0 Å². The van der Waals surface area contributed by atoms with Crippen molar-refractivity contribution in [2.24, 2.45) is 0 Å². The van der Waals surface area contributed by atoms with Crippen molar-refractivity contribution in [1.82, 2.24) is 19.5 Å². The Labute approximate surface area is 121 Å². The minimum absolute atomic E-state index is 0.189. The molecule has 19 heavy (non-hydrogen) atoms. The Balaban J connectivity index is 2.02. The third-order valence-corrected chi connectivity index (χ3v) is 3.55. The van der Waals surface area contributed by atoms with Gasteiger partial charge in [0.1, 0.15) is 12.3 Å². The molecule has 2 aromatic heterocycles. The molecule has 1 fully saturated rings. The van der Waals surface area contributed by atoms with Crippen molar-refractivity contribution in [2.75, 3.05) is 6.61 Å². The summed E-state index contributed by atoms with van der Waals surface area (Å²) in [5.41, 5.74) is 0.721.